The van der Waals surface area contributed by atoms with Crippen molar-refractivity contribution in [3.8, 4) is 0 Å². The largest absolute Gasteiger partial charge is 0.505 e. The summed E-state index contributed by atoms with van der Waals surface area (Å²) < 4.78 is 0. The Bertz CT molecular complexity index is 417. The van der Waals surface area contributed by atoms with E-state index in [9.17, 15) is 19.5 Å². The van der Waals surface area contributed by atoms with Gasteiger partial charge in [0.25, 0.3) is 5.91 Å². The van der Waals surface area contributed by atoms with Gasteiger partial charge in [0.1, 0.15) is 5.57 Å². The van der Waals surface area contributed by atoms with Crippen LogP contribution < -0.4 is 0 Å². The van der Waals surface area contributed by atoms with E-state index in [1.165, 1.54) is 19.9 Å². The molecule has 1 heterocycles. The van der Waals surface area contributed by atoms with Crippen LogP contribution >= 0.6 is 0 Å². The molecule has 0 spiro atoms. The first-order valence-corrected chi connectivity index (χ1v) is 4.37. The van der Waals surface area contributed by atoms with Gasteiger partial charge in [-0.25, -0.2) is 4.90 Å². The fourth-order valence-electron chi connectivity index (χ4n) is 1.45. The van der Waals surface area contributed by atoms with Gasteiger partial charge < -0.3 is 5.11 Å². The summed E-state index contributed by atoms with van der Waals surface area (Å²) in [5.74, 6) is -2.28. The van der Waals surface area contributed by atoms with Crippen molar-refractivity contribution < 1.29 is 19.5 Å². The number of carbonyl (C=O) groups excluding carboxylic acids is 3. The zero-order chi connectivity index (χ0) is 11.7. The van der Waals surface area contributed by atoms with E-state index in [1.54, 1.807) is 6.92 Å². The van der Waals surface area contributed by atoms with E-state index in [4.69, 9.17) is 0 Å². The molecule has 0 radical (unpaired) electrons. The minimum absolute atomic E-state index is 0.0673. The third kappa shape index (κ3) is 1.56. The van der Waals surface area contributed by atoms with E-state index < -0.39 is 23.4 Å². The first-order chi connectivity index (χ1) is 6.91. The van der Waals surface area contributed by atoms with E-state index in [0.717, 1.165) is 4.90 Å². The molecule has 0 aromatic rings. The zero-order valence-electron chi connectivity index (χ0n) is 8.70. The highest BCUT2D eigenvalue weighted by Crippen LogP contribution is 2.27. The van der Waals surface area contributed by atoms with Crippen LogP contribution in [0.15, 0.2) is 23.1 Å². The van der Waals surface area contributed by atoms with Crippen LogP contribution in [0.3, 0.4) is 0 Å². The summed E-state index contributed by atoms with van der Waals surface area (Å²) >= 11 is 0. The molecule has 80 valence electrons. The monoisotopic (exact) mass is 209 g/mol. The number of allylic oxidation sites excluding steroid dienone is 1. The van der Waals surface area contributed by atoms with Gasteiger partial charge in [0, 0.05) is 6.92 Å². The third-order valence-electron chi connectivity index (χ3n) is 2.08. The SMILES string of the molecule is C/C=C1/C(O)=C(C(C)=O)C(=O)N1C(C)=O. The van der Waals surface area contributed by atoms with Crippen LogP contribution in [0.5, 0.6) is 0 Å². The van der Waals surface area contributed by atoms with Gasteiger partial charge in [-0.15, -0.1) is 0 Å². The van der Waals surface area contributed by atoms with Gasteiger partial charge in [-0.2, -0.15) is 0 Å². The normalized spacial score (nSPS) is 19.0. The summed E-state index contributed by atoms with van der Waals surface area (Å²) in [6.07, 6.45) is 1.41. The molecule has 0 saturated heterocycles. The number of carbonyl (C=O) groups is 3. The zero-order valence-corrected chi connectivity index (χ0v) is 8.70. The Labute approximate surface area is 86.7 Å². The Morgan fingerprint density at radius 3 is 2.13 bits per heavy atom. The molecule has 5 heteroatoms. The average Bonchev–Trinajstić information content (AvgIpc) is 2.36. The van der Waals surface area contributed by atoms with Crippen LogP contribution in [0, 0.1) is 0 Å². The topological polar surface area (TPSA) is 74.7 Å². The second kappa shape index (κ2) is 3.68. The highest BCUT2D eigenvalue weighted by molar-refractivity contribution is 6.25. The summed E-state index contributed by atoms with van der Waals surface area (Å²) in [4.78, 5) is 34.6. The quantitative estimate of drug-likeness (QED) is 0.644. The molecule has 2 amide bonds. The third-order valence-corrected chi connectivity index (χ3v) is 2.08. The van der Waals surface area contributed by atoms with Crippen molar-refractivity contribution in [3.05, 3.63) is 23.1 Å². The molecule has 0 bridgehead atoms. The van der Waals surface area contributed by atoms with Crippen LogP contribution in [0.25, 0.3) is 0 Å². The molecular weight excluding hydrogens is 198 g/mol. The van der Waals surface area contributed by atoms with Gasteiger partial charge in [0.2, 0.25) is 5.91 Å². The number of Topliss-reactive ketones (excluding diaryl/α,β-unsaturated/α-hetero) is 1. The second-order valence-corrected chi connectivity index (χ2v) is 3.11. The standard InChI is InChI=1S/C10H11NO4/c1-4-7-9(14)8(5(2)12)10(15)11(7)6(3)13/h4,14H,1-3H3/b7-4-. The number of ketones is 1. The van der Waals surface area contributed by atoms with Gasteiger partial charge in [0.15, 0.2) is 11.5 Å². The summed E-state index contributed by atoms with van der Waals surface area (Å²) in [6.45, 7) is 3.93. The molecule has 1 N–H and O–H groups in total. The maximum Gasteiger partial charge on any atom is 0.272 e. The van der Waals surface area contributed by atoms with Gasteiger partial charge in [0.05, 0.1) is 5.70 Å². The minimum atomic E-state index is -0.763. The molecule has 0 fully saturated rings. The smallest absolute Gasteiger partial charge is 0.272 e. The van der Waals surface area contributed by atoms with E-state index in [2.05, 4.69) is 0 Å². The molecular formula is C10H11NO4. The summed E-state index contributed by atoms with van der Waals surface area (Å²) in [6, 6.07) is 0. The first-order valence-electron chi connectivity index (χ1n) is 4.37. The van der Waals surface area contributed by atoms with Crippen LogP contribution in [-0.4, -0.2) is 27.6 Å². The fraction of sp³-hybridized carbons (Fsp3) is 0.300. The Morgan fingerprint density at radius 1 is 1.33 bits per heavy atom. The Kier molecular flexibility index (Phi) is 2.74. The summed E-state index contributed by atoms with van der Waals surface area (Å²) in [5, 5.41) is 9.58. The molecule has 0 saturated carbocycles. The Morgan fingerprint density at radius 2 is 1.87 bits per heavy atom. The van der Waals surface area contributed by atoms with Crippen molar-refractivity contribution >= 4 is 17.6 Å². The first kappa shape index (κ1) is 11.2. The van der Waals surface area contributed by atoms with E-state index >= 15 is 0 Å². The van der Waals surface area contributed by atoms with Crippen LogP contribution in [0.1, 0.15) is 20.8 Å². The van der Waals surface area contributed by atoms with E-state index in [-0.39, 0.29) is 11.3 Å². The predicted octanol–water partition coefficient (Wildman–Crippen LogP) is 0.680. The molecule has 1 aliphatic heterocycles. The van der Waals surface area contributed by atoms with E-state index in [1.807, 2.05) is 0 Å². The molecule has 15 heavy (non-hydrogen) atoms. The van der Waals surface area contributed by atoms with Gasteiger partial charge in [-0.3, -0.25) is 14.4 Å². The second-order valence-electron chi connectivity index (χ2n) is 3.11. The lowest BCUT2D eigenvalue weighted by Crippen LogP contribution is -2.31. The number of amides is 2. The number of nitrogens with zero attached hydrogens (tertiary/aromatic N) is 1. The number of aliphatic hydroxyl groups excluding tert-OH is 1. The van der Waals surface area contributed by atoms with Crippen molar-refractivity contribution in [1.29, 1.82) is 0 Å². The van der Waals surface area contributed by atoms with Gasteiger partial charge in [-0.1, -0.05) is 6.08 Å². The number of aliphatic hydroxyl groups is 1. The van der Waals surface area contributed by atoms with Gasteiger partial charge >= 0.3 is 0 Å². The highest BCUT2D eigenvalue weighted by atomic mass is 16.3. The minimum Gasteiger partial charge on any atom is -0.505 e. The summed E-state index contributed by atoms with van der Waals surface area (Å²) in [7, 11) is 0. The lowest BCUT2D eigenvalue weighted by atomic mass is 10.1. The van der Waals surface area contributed by atoms with Crippen molar-refractivity contribution in [3.63, 3.8) is 0 Å². The number of imide groups is 1. The lowest BCUT2D eigenvalue weighted by Gasteiger charge is -2.13. The van der Waals surface area contributed by atoms with Gasteiger partial charge in [-0.05, 0) is 13.8 Å². The van der Waals surface area contributed by atoms with Crippen LogP contribution in [-0.2, 0) is 14.4 Å². The maximum absolute atomic E-state index is 11.6. The summed E-state index contributed by atoms with van der Waals surface area (Å²) in [5.41, 5.74) is -0.268. The van der Waals surface area contributed by atoms with Crippen LogP contribution in [0.2, 0.25) is 0 Å². The highest BCUT2D eigenvalue weighted by Gasteiger charge is 2.39. The molecule has 5 nitrogen and oxygen atoms in total. The van der Waals surface area contributed by atoms with Crippen molar-refractivity contribution in [1.82, 2.24) is 4.90 Å². The predicted molar refractivity (Wildman–Crippen MR) is 51.6 cm³/mol. The number of hydrogen-bond acceptors (Lipinski definition) is 4. The number of hydrogen-bond donors (Lipinski definition) is 1. The van der Waals surface area contributed by atoms with E-state index in [0.29, 0.717) is 0 Å². The fourth-order valence-corrected chi connectivity index (χ4v) is 1.45. The molecule has 0 aromatic heterocycles. The lowest BCUT2D eigenvalue weighted by molar-refractivity contribution is -0.138. The van der Waals surface area contributed by atoms with Crippen molar-refractivity contribution in [2.45, 2.75) is 20.8 Å². The Hall–Kier alpha value is -1.91. The average molecular weight is 209 g/mol. The molecule has 0 atom stereocenters. The molecule has 0 aromatic carbocycles. The maximum atomic E-state index is 11.6. The number of rotatable bonds is 1. The molecule has 0 aliphatic carbocycles. The van der Waals surface area contributed by atoms with Crippen molar-refractivity contribution in [2.24, 2.45) is 0 Å². The van der Waals surface area contributed by atoms with Crippen LogP contribution in [0.4, 0.5) is 0 Å². The molecule has 0 unspecified atom stereocenters. The van der Waals surface area contributed by atoms with Crippen molar-refractivity contribution in [2.75, 3.05) is 0 Å². The molecule has 1 rings (SSSR count). The Balaban J connectivity index is 3.34. The molecule has 1 aliphatic rings.